The highest BCUT2D eigenvalue weighted by Crippen LogP contribution is 2.29. The minimum absolute atomic E-state index is 0.0780. The highest BCUT2D eigenvalue weighted by molar-refractivity contribution is 5.87. The van der Waals surface area contributed by atoms with Crippen molar-refractivity contribution >= 4 is 28.7 Å². The van der Waals surface area contributed by atoms with E-state index in [9.17, 15) is 4.79 Å². The normalized spacial score (nSPS) is 12.5. The SMILES string of the molecule is CCCC[C@](C)(CNC(C)=O)Nc1nc(NCc2ccc(OC)cc2OC)nc2cc(OC)cnc12. The van der Waals surface area contributed by atoms with E-state index < -0.39 is 5.54 Å². The maximum Gasteiger partial charge on any atom is 0.225 e. The molecular formula is C26H36N6O4. The van der Waals surface area contributed by atoms with Crippen molar-refractivity contribution in [3.05, 3.63) is 36.0 Å². The fourth-order valence-electron chi connectivity index (χ4n) is 3.82. The molecule has 2 aromatic heterocycles. The molecule has 0 unspecified atom stereocenters. The summed E-state index contributed by atoms with van der Waals surface area (Å²) in [6, 6.07) is 7.47. The number of methoxy groups -OCH3 is 3. The number of anilines is 2. The number of ether oxygens (including phenoxy) is 3. The van der Waals surface area contributed by atoms with Crippen LogP contribution in [0, 0.1) is 0 Å². The smallest absolute Gasteiger partial charge is 0.225 e. The van der Waals surface area contributed by atoms with Crippen molar-refractivity contribution in [1.82, 2.24) is 20.3 Å². The van der Waals surface area contributed by atoms with Crippen LogP contribution in [0.3, 0.4) is 0 Å². The van der Waals surface area contributed by atoms with E-state index in [0.29, 0.717) is 53.1 Å². The van der Waals surface area contributed by atoms with Crippen LogP contribution in [0.25, 0.3) is 11.0 Å². The molecule has 1 amide bonds. The molecule has 3 N–H and O–H groups in total. The summed E-state index contributed by atoms with van der Waals surface area (Å²) in [5, 5.41) is 9.79. The molecule has 0 aliphatic carbocycles. The van der Waals surface area contributed by atoms with Crippen molar-refractivity contribution < 1.29 is 19.0 Å². The Morgan fingerprint density at radius 1 is 1.06 bits per heavy atom. The topological polar surface area (TPSA) is 120 Å². The summed E-state index contributed by atoms with van der Waals surface area (Å²) in [5.74, 6) is 2.94. The van der Waals surface area contributed by atoms with Crippen molar-refractivity contribution in [2.45, 2.75) is 52.1 Å². The van der Waals surface area contributed by atoms with Gasteiger partial charge in [0.1, 0.15) is 28.3 Å². The summed E-state index contributed by atoms with van der Waals surface area (Å²) in [5.41, 5.74) is 1.75. The van der Waals surface area contributed by atoms with Crippen LogP contribution in [0.15, 0.2) is 30.5 Å². The number of fused-ring (bicyclic) bond motifs is 1. The lowest BCUT2D eigenvalue weighted by molar-refractivity contribution is -0.119. The van der Waals surface area contributed by atoms with Crippen LogP contribution < -0.4 is 30.2 Å². The molecule has 1 atom stereocenters. The molecule has 0 aliphatic heterocycles. The Morgan fingerprint density at radius 2 is 1.83 bits per heavy atom. The molecule has 0 aliphatic rings. The summed E-state index contributed by atoms with van der Waals surface area (Å²) >= 11 is 0. The average Bonchev–Trinajstić information content (AvgIpc) is 2.89. The molecule has 0 spiro atoms. The van der Waals surface area contributed by atoms with Crippen LogP contribution in [0.1, 0.15) is 45.6 Å². The van der Waals surface area contributed by atoms with E-state index in [1.807, 2.05) is 24.3 Å². The Hall–Kier alpha value is -3.82. The Labute approximate surface area is 212 Å². The number of nitrogens with zero attached hydrogens (tertiary/aromatic N) is 3. The number of pyridine rings is 1. The van der Waals surface area contributed by atoms with Gasteiger partial charge >= 0.3 is 0 Å². The van der Waals surface area contributed by atoms with Gasteiger partial charge in [-0.2, -0.15) is 4.98 Å². The van der Waals surface area contributed by atoms with E-state index in [0.717, 1.165) is 24.8 Å². The number of nitrogens with one attached hydrogen (secondary N) is 3. The van der Waals surface area contributed by atoms with Crippen LogP contribution in [0.5, 0.6) is 17.2 Å². The zero-order valence-corrected chi connectivity index (χ0v) is 21.9. The van der Waals surface area contributed by atoms with Gasteiger partial charge in [-0.25, -0.2) is 9.97 Å². The summed E-state index contributed by atoms with van der Waals surface area (Å²) in [4.78, 5) is 25.6. The molecular weight excluding hydrogens is 460 g/mol. The summed E-state index contributed by atoms with van der Waals surface area (Å²) in [7, 11) is 4.83. The Balaban J connectivity index is 1.96. The minimum atomic E-state index is -0.430. The van der Waals surface area contributed by atoms with Gasteiger partial charge in [0.25, 0.3) is 0 Å². The second kappa shape index (κ2) is 12.2. The lowest BCUT2D eigenvalue weighted by Gasteiger charge is -2.32. The molecule has 0 radical (unpaired) electrons. The van der Waals surface area contributed by atoms with Gasteiger partial charge in [0.15, 0.2) is 5.82 Å². The van der Waals surface area contributed by atoms with Crippen molar-refractivity contribution in [3.63, 3.8) is 0 Å². The molecule has 194 valence electrons. The largest absolute Gasteiger partial charge is 0.497 e. The number of benzene rings is 1. The Morgan fingerprint density at radius 3 is 2.50 bits per heavy atom. The molecule has 10 heteroatoms. The van der Waals surface area contributed by atoms with Crippen LogP contribution in [0.4, 0.5) is 11.8 Å². The molecule has 0 saturated carbocycles. The molecule has 3 rings (SSSR count). The summed E-state index contributed by atoms with van der Waals surface area (Å²) in [6.45, 7) is 6.63. The standard InChI is InChI=1S/C26H36N6O4/c1-7-8-11-26(3,16-29-17(2)33)32-24-23-21(12-20(35-5)15-27-23)30-25(31-24)28-14-18-9-10-19(34-4)13-22(18)36-6/h9-10,12-13,15H,7-8,11,14,16H2,1-6H3,(H,29,33)(H2,28,30,31,32)/t26-/m1/s1. The third kappa shape index (κ3) is 6.87. The molecule has 1 aromatic carbocycles. The number of carbonyl (C=O) groups excluding carboxylic acids is 1. The third-order valence-electron chi connectivity index (χ3n) is 5.91. The maximum absolute atomic E-state index is 11.6. The lowest BCUT2D eigenvalue weighted by atomic mass is 9.94. The first-order valence-corrected chi connectivity index (χ1v) is 12.0. The van der Waals surface area contributed by atoms with E-state index in [4.69, 9.17) is 19.2 Å². The first-order chi connectivity index (χ1) is 17.3. The van der Waals surface area contributed by atoms with E-state index in [2.05, 4.69) is 39.8 Å². The van der Waals surface area contributed by atoms with Crippen molar-refractivity contribution in [1.29, 1.82) is 0 Å². The molecule has 3 aromatic rings. The van der Waals surface area contributed by atoms with Crippen LogP contribution in [-0.4, -0.2) is 54.3 Å². The Kier molecular flexibility index (Phi) is 9.10. The first kappa shape index (κ1) is 26.8. The Bertz CT molecular complexity index is 1190. The number of unbranched alkanes of at least 4 members (excludes halogenated alkanes) is 1. The van der Waals surface area contributed by atoms with E-state index >= 15 is 0 Å². The van der Waals surface area contributed by atoms with Crippen LogP contribution >= 0.6 is 0 Å². The molecule has 0 bridgehead atoms. The first-order valence-electron chi connectivity index (χ1n) is 12.0. The van der Waals surface area contributed by atoms with E-state index in [-0.39, 0.29) is 5.91 Å². The number of carbonyl (C=O) groups is 1. The van der Waals surface area contributed by atoms with Crippen LogP contribution in [0.2, 0.25) is 0 Å². The number of hydrogen-bond acceptors (Lipinski definition) is 9. The third-order valence-corrected chi connectivity index (χ3v) is 5.91. The zero-order chi connectivity index (χ0) is 26.1. The average molecular weight is 497 g/mol. The van der Waals surface area contributed by atoms with E-state index in [1.165, 1.54) is 6.92 Å². The van der Waals surface area contributed by atoms with Gasteiger partial charge in [-0.1, -0.05) is 19.8 Å². The zero-order valence-electron chi connectivity index (χ0n) is 21.9. The number of rotatable bonds is 13. The van der Waals surface area contributed by atoms with Gasteiger partial charge in [0.05, 0.1) is 33.1 Å². The minimum Gasteiger partial charge on any atom is -0.497 e. The predicted molar refractivity (Wildman–Crippen MR) is 141 cm³/mol. The highest BCUT2D eigenvalue weighted by atomic mass is 16.5. The molecule has 0 saturated heterocycles. The quantitative estimate of drug-likeness (QED) is 0.320. The summed E-state index contributed by atoms with van der Waals surface area (Å²) in [6.07, 6.45) is 4.52. The molecule has 2 heterocycles. The van der Waals surface area contributed by atoms with Gasteiger partial charge in [-0.3, -0.25) is 4.79 Å². The van der Waals surface area contributed by atoms with Gasteiger partial charge in [0, 0.05) is 37.7 Å². The summed E-state index contributed by atoms with van der Waals surface area (Å²) < 4.78 is 16.2. The van der Waals surface area contributed by atoms with Gasteiger partial charge < -0.3 is 30.2 Å². The number of hydrogen-bond donors (Lipinski definition) is 3. The number of amides is 1. The predicted octanol–water partition coefficient (Wildman–Crippen LogP) is 4.16. The maximum atomic E-state index is 11.6. The molecule has 0 fully saturated rings. The van der Waals surface area contributed by atoms with Crippen LogP contribution in [-0.2, 0) is 11.3 Å². The van der Waals surface area contributed by atoms with E-state index in [1.54, 1.807) is 27.5 Å². The highest BCUT2D eigenvalue weighted by Gasteiger charge is 2.26. The van der Waals surface area contributed by atoms with Crippen molar-refractivity contribution in [2.24, 2.45) is 0 Å². The van der Waals surface area contributed by atoms with Crippen molar-refractivity contribution in [3.8, 4) is 17.2 Å². The van der Waals surface area contributed by atoms with Gasteiger partial charge in [-0.05, 0) is 25.5 Å². The lowest BCUT2D eigenvalue weighted by Crippen LogP contribution is -2.46. The monoisotopic (exact) mass is 496 g/mol. The van der Waals surface area contributed by atoms with Gasteiger partial charge in [-0.15, -0.1) is 0 Å². The van der Waals surface area contributed by atoms with Gasteiger partial charge in [0.2, 0.25) is 11.9 Å². The molecule has 36 heavy (non-hydrogen) atoms. The second-order valence-corrected chi connectivity index (χ2v) is 8.87. The fraction of sp³-hybridized carbons (Fsp3) is 0.462. The second-order valence-electron chi connectivity index (χ2n) is 8.87. The van der Waals surface area contributed by atoms with Crippen molar-refractivity contribution in [2.75, 3.05) is 38.5 Å². The molecule has 10 nitrogen and oxygen atoms in total. The fourth-order valence-corrected chi connectivity index (χ4v) is 3.82. The number of aromatic nitrogens is 3.